The maximum Gasteiger partial charge on any atom is 0.245 e. The van der Waals surface area contributed by atoms with E-state index >= 15 is 0 Å². The topological polar surface area (TPSA) is 177 Å². The first-order valence-corrected chi connectivity index (χ1v) is 9.22. The molecule has 0 radical (unpaired) electrons. The zero-order valence-corrected chi connectivity index (χ0v) is 16.7. The number of nitrogens with one attached hydrogen (secondary N) is 3. The van der Waals surface area contributed by atoms with E-state index < -0.39 is 59.7 Å². The minimum absolute atomic E-state index is 0.370. The average molecular weight is 398 g/mol. The Morgan fingerprint density at radius 1 is 0.893 bits per heavy atom. The Bertz CT molecular complexity index is 638. The fraction of sp³-hybridized carbons (Fsp3) is 0.706. The molecule has 5 amide bonds. The van der Waals surface area contributed by atoms with Gasteiger partial charge >= 0.3 is 0 Å². The van der Waals surface area contributed by atoms with Crippen LogP contribution in [-0.4, -0.2) is 71.2 Å². The summed E-state index contributed by atoms with van der Waals surface area (Å²) in [7, 11) is 0. The van der Waals surface area contributed by atoms with Gasteiger partial charge in [0.05, 0.1) is 6.04 Å². The zero-order chi connectivity index (χ0) is 21.6. The molecule has 0 aromatic carbocycles. The molecule has 7 N–H and O–H groups in total. The first kappa shape index (κ1) is 23.3. The van der Waals surface area contributed by atoms with Gasteiger partial charge in [-0.2, -0.15) is 0 Å². The lowest BCUT2D eigenvalue weighted by Gasteiger charge is -2.28. The van der Waals surface area contributed by atoms with Crippen LogP contribution in [0.5, 0.6) is 0 Å². The van der Waals surface area contributed by atoms with E-state index in [0.717, 1.165) is 0 Å². The lowest BCUT2D eigenvalue weighted by Crippen LogP contribution is -2.56. The fourth-order valence-corrected chi connectivity index (χ4v) is 2.74. The highest BCUT2D eigenvalue weighted by molar-refractivity contribution is 5.95. The summed E-state index contributed by atoms with van der Waals surface area (Å²) in [4.78, 5) is 61.3. The highest BCUT2D eigenvalue weighted by Crippen LogP contribution is 2.18. The Kier molecular flexibility index (Phi) is 8.35. The number of carbonyl (C=O) groups excluding carboxylic acids is 5. The second-order valence-electron chi connectivity index (χ2n) is 7.07. The standard InChI is InChI=1S/C17H30N6O5/c1-8(18)14(25)22-11(4)17(28)23-7-5-6-12(23)16(27)21-10(3)15(26)20-9(2)13(19)24/h8-12H,5-7,18H2,1-4H3,(H2,19,24)(H,20,26)(H,21,27)(H,22,25)/t8-,9-,10-,11-,12-/m0/s1. The van der Waals surface area contributed by atoms with Gasteiger partial charge in [0.2, 0.25) is 29.5 Å². The summed E-state index contributed by atoms with van der Waals surface area (Å²) in [5.41, 5.74) is 10.6. The van der Waals surface area contributed by atoms with Crippen LogP contribution in [0.4, 0.5) is 0 Å². The van der Waals surface area contributed by atoms with Crippen molar-refractivity contribution in [2.45, 2.75) is 70.7 Å². The van der Waals surface area contributed by atoms with E-state index in [1.54, 1.807) is 0 Å². The Morgan fingerprint density at radius 3 is 2.00 bits per heavy atom. The number of primary amides is 1. The van der Waals surface area contributed by atoms with Crippen molar-refractivity contribution in [3.63, 3.8) is 0 Å². The number of nitrogens with zero attached hydrogens (tertiary/aromatic N) is 1. The molecule has 11 nitrogen and oxygen atoms in total. The third-order valence-corrected chi connectivity index (χ3v) is 4.52. The number of hydrogen-bond acceptors (Lipinski definition) is 6. The predicted octanol–water partition coefficient (Wildman–Crippen LogP) is -2.68. The molecule has 1 rings (SSSR count). The van der Waals surface area contributed by atoms with E-state index in [-0.39, 0.29) is 0 Å². The number of nitrogens with two attached hydrogens (primary N) is 2. The summed E-state index contributed by atoms with van der Waals surface area (Å²) >= 11 is 0. The lowest BCUT2D eigenvalue weighted by molar-refractivity contribution is -0.141. The largest absolute Gasteiger partial charge is 0.368 e. The van der Waals surface area contributed by atoms with Crippen LogP contribution < -0.4 is 27.4 Å². The molecule has 0 unspecified atom stereocenters. The summed E-state index contributed by atoms with van der Waals surface area (Å²) in [6.07, 6.45) is 1.06. The van der Waals surface area contributed by atoms with Gasteiger partial charge in [0, 0.05) is 6.54 Å². The van der Waals surface area contributed by atoms with E-state index in [0.29, 0.717) is 19.4 Å². The van der Waals surface area contributed by atoms with Gasteiger partial charge in [-0.15, -0.1) is 0 Å². The van der Waals surface area contributed by atoms with Gasteiger partial charge < -0.3 is 32.3 Å². The highest BCUT2D eigenvalue weighted by Gasteiger charge is 2.37. The first-order valence-electron chi connectivity index (χ1n) is 9.22. The molecular weight excluding hydrogens is 368 g/mol. The molecule has 0 aromatic rings. The van der Waals surface area contributed by atoms with Crippen LogP contribution >= 0.6 is 0 Å². The number of amides is 5. The maximum absolute atomic E-state index is 12.6. The molecule has 1 aliphatic heterocycles. The first-order chi connectivity index (χ1) is 13.0. The van der Waals surface area contributed by atoms with Gasteiger partial charge in [0.15, 0.2) is 0 Å². The molecule has 5 atom stereocenters. The van der Waals surface area contributed by atoms with Crippen LogP contribution in [0.2, 0.25) is 0 Å². The minimum atomic E-state index is -0.915. The van der Waals surface area contributed by atoms with Crippen LogP contribution in [0.25, 0.3) is 0 Å². The molecule has 0 bridgehead atoms. The normalized spacial score (nSPS) is 20.5. The van der Waals surface area contributed by atoms with Crippen LogP contribution in [0, 0.1) is 0 Å². The molecule has 28 heavy (non-hydrogen) atoms. The second kappa shape index (κ2) is 10.0. The predicted molar refractivity (Wildman–Crippen MR) is 100 cm³/mol. The molecule has 0 spiro atoms. The lowest BCUT2D eigenvalue weighted by atomic mass is 10.1. The van der Waals surface area contributed by atoms with Crippen molar-refractivity contribution < 1.29 is 24.0 Å². The Hall–Kier alpha value is -2.69. The second-order valence-corrected chi connectivity index (χ2v) is 7.07. The highest BCUT2D eigenvalue weighted by atomic mass is 16.2. The Labute approximate surface area is 163 Å². The Balaban J connectivity index is 2.69. The van der Waals surface area contributed by atoms with E-state index in [9.17, 15) is 24.0 Å². The summed E-state index contributed by atoms with van der Waals surface area (Å²) in [5, 5.41) is 7.45. The number of hydrogen-bond donors (Lipinski definition) is 5. The third-order valence-electron chi connectivity index (χ3n) is 4.52. The molecule has 1 fully saturated rings. The summed E-state index contributed by atoms with van der Waals surface area (Å²) in [5.74, 6) is -2.60. The van der Waals surface area contributed by atoms with Gasteiger partial charge in [-0.1, -0.05) is 0 Å². The summed E-state index contributed by atoms with van der Waals surface area (Å²) in [6.45, 7) is 6.30. The van der Waals surface area contributed by atoms with E-state index in [1.165, 1.54) is 32.6 Å². The summed E-state index contributed by atoms with van der Waals surface area (Å²) in [6, 6.07) is -4.11. The van der Waals surface area contributed by atoms with Gasteiger partial charge in [0.25, 0.3) is 0 Å². The van der Waals surface area contributed by atoms with Crippen molar-refractivity contribution in [3.05, 3.63) is 0 Å². The van der Waals surface area contributed by atoms with Gasteiger partial charge in [-0.25, -0.2) is 0 Å². The van der Waals surface area contributed by atoms with Crippen LogP contribution in [-0.2, 0) is 24.0 Å². The Morgan fingerprint density at radius 2 is 1.46 bits per heavy atom. The van der Waals surface area contributed by atoms with Crippen molar-refractivity contribution >= 4 is 29.5 Å². The monoisotopic (exact) mass is 398 g/mol. The van der Waals surface area contributed by atoms with E-state index in [4.69, 9.17) is 11.5 Å². The van der Waals surface area contributed by atoms with E-state index in [1.807, 2.05) is 0 Å². The van der Waals surface area contributed by atoms with Gasteiger partial charge in [-0.05, 0) is 40.5 Å². The maximum atomic E-state index is 12.6. The minimum Gasteiger partial charge on any atom is -0.368 e. The van der Waals surface area contributed by atoms with Crippen molar-refractivity contribution in [1.82, 2.24) is 20.9 Å². The molecule has 0 saturated carbocycles. The number of likely N-dealkylation sites (tertiary alicyclic amines) is 1. The molecule has 1 heterocycles. The molecule has 0 aromatic heterocycles. The fourth-order valence-electron chi connectivity index (χ4n) is 2.74. The average Bonchev–Trinajstić information content (AvgIpc) is 3.10. The molecule has 0 aliphatic carbocycles. The van der Waals surface area contributed by atoms with Crippen LogP contribution in [0.3, 0.4) is 0 Å². The third kappa shape index (κ3) is 6.19. The molecule has 1 aliphatic rings. The van der Waals surface area contributed by atoms with E-state index in [2.05, 4.69) is 16.0 Å². The van der Waals surface area contributed by atoms with Crippen molar-refractivity contribution in [3.8, 4) is 0 Å². The van der Waals surface area contributed by atoms with Gasteiger partial charge in [0.1, 0.15) is 24.2 Å². The molecular formula is C17H30N6O5. The number of rotatable bonds is 8. The smallest absolute Gasteiger partial charge is 0.245 e. The summed E-state index contributed by atoms with van der Waals surface area (Å²) < 4.78 is 0. The van der Waals surface area contributed by atoms with Crippen molar-refractivity contribution in [1.29, 1.82) is 0 Å². The number of carbonyl (C=O) groups is 5. The van der Waals surface area contributed by atoms with Gasteiger partial charge in [-0.3, -0.25) is 24.0 Å². The zero-order valence-electron chi connectivity index (χ0n) is 16.7. The molecule has 1 saturated heterocycles. The van der Waals surface area contributed by atoms with Crippen LogP contribution in [0.15, 0.2) is 0 Å². The van der Waals surface area contributed by atoms with Crippen LogP contribution in [0.1, 0.15) is 40.5 Å². The molecule has 11 heteroatoms. The SMILES string of the molecule is C[C@H](N)C(=O)N[C@@H](C)C(=O)N1CCC[C@H]1C(=O)N[C@@H](C)C(=O)N[C@@H](C)C(N)=O. The van der Waals surface area contributed by atoms with Crippen molar-refractivity contribution in [2.24, 2.45) is 11.5 Å². The molecule has 158 valence electrons. The quantitative estimate of drug-likeness (QED) is 0.297. The van der Waals surface area contributed by atoms with Crippen molar-refractivity contribution in [2.75, 3.05) is 6.54 Å².